The summed E-state index contributed by atoms with van der Waals surface area (Å²) >= 11 is 0. The van der Waals surface area contributed by atoms with Gasteiger partial charge in [-0.15, -0.1) is 0 Å². The van der Waals surface area contributed by atoms with Crippen molar-refractivity contribution in [2.75, 3.05) is 26.6 Å². The van der Waals surface area contributed by atoms with Gasteiger partial charge in [0.1, 0.15) is 0 Å². The van der Waals surface area contributed by atoms with Crippen LogP contribution in [0.3, 0.4) is 0 Å². The first kappa shape index (κ1) is 15.8. The Morgan fingerprint density at radius 2 is 1.38 bits per heavy atom. The fourth-order valence-electron chi connectivity index (χ4n) is 1.58. The number of nitrogens with zero attached hydrogens (tertiary/aromatic N) is 2. The zero-order valence-electron chi connectivity index (χ0n) is 9.79. The van der Waals surface area contributed by atoms with E-state index >= 15 is 0 Å². The Hall–Kier alpha value is -0.250. The third kappa shape index (κ3) is 2.70. The summed E-state index contributed by atoms with van der Waals surface area (Å²) in [4.78, 5) is 0.449. The molecule has 7 nitrogen and oxygen atoms in total. The van der Waals surface area contributed by atoms with Crippen LogP contribution in [0, 0.1) is 0 Å². The van der Waals surface area contributed by atoms with Gasteiger partial charge in [0, 0.05) is 13.1 Å². The van der Waals surface area contributed by atoms with Gasteiger partial charge in [0.15, 0.2) is 0 Å². The van der Waals surface area contributed by atoms with Crippen molar-refractivity contribution in [2.24, 2.45) is 0 Å². The fourth-order valence-corrected chi connectivity index (χ4v) is 2.60. The van der Waals surface area contributed by atoms with Crippen molar-refractivity contribution in [1.82, 2.24) is 9.80 Å². The van der Waals surface area contributed by atoms with Gasteiger partial charge in [-0.3, -0.25) is 4.55 Å². The van der Waals surface area contributed by atoms with E-state index in [1.54, 1.807) is 13.8 Å². The standard InChI is InChI=1S/C8H20N2O5S/c1-4-9(6-11)8(3,16(13,14)15)10(5-2)7-12/h11-12H,4-7H2,1-3H3,(H,13,14,15). The van der Waals surface area contributed by atoms with Crippen LogP contribution in [0.15, 0.2) is 0 Å². The lowest BCUT2D eigenvalue weighted by Crippen LogP contribution is -2.63. The maximum Gasteiger partial charge on any atom is 0.298 e. The zero-order chi connectivity index (χ0) is 13.0. The zero-order valence-corrected chi connectivity index (χ0v) is 10.6. The van der Waals surface area contributed by atoms with E-state index in [0.29, 0.717) is 0 Å². The van der Waals surface area contributed by atoms with E-state index < -0.39 is 28.6 Å². The molecule has 0 radical (unpaired) electrons. The predicted molar refractivity (Wildman–Crippen MR) is 58.9 cm³/mol. The first-order valence-corrected chi connectivity index (χ1v) is 6.42. The average molecular weight is 256 g/mol. The van der Waals surface area contributed by atoms with Crippen LogP contribution < -0.4 is 0 Å². The fraction of sp³-hybridized carbons (Fsp3) is 1.00. The molecule has 0 unspecified atom stereocenters. The highest BCUT2D eigenvalue weighted by molar-refractivity contribution is 7.87. The van der Waals surface area contributed by atoms with Gasteiger partial charge in [-0.25, -0.2) is 9.80 Å². The topological polar surface area (TPSA) is 101 Å². The molecule has 0 bridgehead atoms. The number of hydrogen-bond donors (Lipinski definition) is 3. The van der Waals surface area contributed by atoms with Crippen LogP contribution in [0.2, 0.25) is 0 Å². The third-order valence-electron chi connectivity index (χ3n) is 2.77. The summed E-state index contributed by atoms with van der Waals surface area (Å²) in [6, 6.07) is 0. The van der Waals surface area contributed by atoms with Crippen LogP contribution in [0.5, 0.6) is 0 Å². The Labute approximate surface area is 96.0 Å². The maximum absolute atomic E-state index is 11.4. The SMILES string of the molecule is CCN(CO)C(C)(N(CC)CO)S(=O)(=O)O. The summed E-state index contributed by atoms with van der Waals surface area (Å²) in [5.74, 6) is 0. The summed E-state index contributed by atoms with van der Waals surface area (Å²) in [7, 11) is -4.48. The second kappa shape index (κ2) is 5.89. The number of aliphatic hydroxyl groups is 2. The summed E-state index contributed by atoms with van der Waals surface area (Å²) in [6.07, 6.45) is 0. The summed E-state index contributed by atoms with van der Waals surface area (Å²) < 4.78 is 32.1. The second-order valence-corrected chi connectivity index (χ2v) is 5.13. The molecule has 0 atom stereocenters. The molecule has 16 heavy (non-hydrogen) atoms. The first-order chi connectivity index (χ1) is 7.29. The maximum atomic E-state index is 11.4. The summed E-state index contributed by atoms with van der Waals surface area (Å²) in [6.45, 7) is 3.87. The van der Waals surface area contributed by atoms with Gasteiger partial charge in [-0.1, -0.05) is 13.8 Å². The molecule has 0 aromatic heterocycles. The Morgan fingerprint density at radius 1 is 1.06 bits per heavy atom. The van der Waals surface area contributed by atoms with E-state index in [-0.39, 0.29) is 13.1 Å². The van der Waals surface area contributed by atoms with Crippen LogP contribution in [-0.2, 0) is 10.1 Å². The lowest BCUT2D eigenvalue weighted by molar-refractivity contribution is -0.0650. The Bertz CT molecular complexity index is 286. The molecule has 0 aromatic carbocycles. The molecular weight excluding hydrogens is 236 g/mol. The number of hydrogen-bond acceptors (Lipinski definition) is 6. The highest BCUT2D eigenvalue weighted by Gasteiger charge is 2.47. The van der Waals surface area contributed by atoms with Crippen molar-refractivity contribution in [1.29, 1.82) is 0 Å². The van der Waals surface area contributed by atoms with Crippen LogP contribution >= 0.6 is 0 Å². The molecule has 0 aromatic rings. The van der Waals surface area contributed by atoms with E-state index in [2.05, 4.69) is 0 Å². The molecule has 3 N–H and O–H groups in total. The van der Waals surface area contributed by atoms with E-state index in [1.165, 1.54) is 6.92 Å². The largest absolute Gasteiger partial charge is 0.381 e. The molecule has 98 valence electrons. The molecule has 8 heteroatoms. The highest BCUT2D eigenvalue weighted by atomic mass is 32.2. The molecular formula is C8H20N2O5S. The van der Waals surface area contributed by atoms with Crippen molar-refractivity contribution in [2.45, 2.75) is 25.8 Å². The van der Waals surface area contributed by atoms with Crippen LogP contribution in [0.25, 0.3) is 0 Å². The van der Waals surface area contributed by atoms with E-state index in [1.807, 2.05) is 0 Å². The molecule has 0 rings (SSSR count). The second-order valence-electron chi connectivity index (χ2n) is 3.40. The third-order valence-corrected chi connectivity index (χ3v) is 4.26. The average Bonchev–Trinajstić information content (AvgIpc) is 2.19. The monoisotopic (exact) mass is 256 g/mol. The Balaban J connectivity index is 5.51. The first-order valence-electron chi connectivity index (χ1n) is 4.98. The quantitative estimate of drug-likeness (QED) is 0.400. The van der Waals surface area contributed by atoms with Gasteiger partial charge in [-0.05, 0) is 6.92 Å². The molecule has 0 amide bonds. The minimum absolute atomic E-state index is 0.212. The van der Waals surface area contributed by atoms with Gasteiger partial charge in [0.2, 0.25) is 4.99 Å². The molecule has 0 heterocycles. The van der Waals surface area contributed by atoms with Gasteiger partial charge in [0.05, 0.1) is 13.5 Å². The number of rotatable bonds is 7. The Morgan fingerprint density at radius 3 is 1.50 bits per heavy atom. The van der Waals surface area contributed by atoms with Gasteiger partial charge >= 0.3 is 0 Å². The minimum atomic E-state index is -4.48. The molecule has 0 aliphatic carbocycles. The molecule has 0 saturated heterocycles. The Kier molecular flexibility index (Phi) is 5.80. The summed E-state index contributed by atoms with van der Waals surface area (Å²) in [5.41, 5.74) is 0. The normalized spacial score (nSPS) is 13.8. The molecule has 0 aliphatic heterocycles. The molecule has 0 saturated carbocycles. The lowest BCUT2D eigenvalue weighted by Gasteiger charge is -2.43. The predicted octanol–water partition coefficient (Wildman–Crippen LogP) is -0.909. The van der Waals surface area contributed by atoms with Crippen molar-refractivity contribution < 1.29 is 23.2 Å². The smallest absolute Gasteiger partial charge is 0.298 e. The molecule has 0 spiro atoms. The lowest BCUT2D eigenvalue weighted by atomic mass is 10.4. The van der Waals surface area contributed by atoms with Crippen LogP contribution in [-0.4, -0.2) is 64.5 Å². The molecule has 0 aliphatic rings. The van der Waals surface area contributed by atoms with E-state index in [0.717, 1.165) is 9.80 Å². The van der Waals surface area contributed by atoms with E-state index in [4.69, 9.17) is 10.2 Å². The van der Waals surface area contributed by atoms with Gasteiger partial charge in [-0.2, -0.15) is 8.42 Å². The van der Waals surface area contributed by atoms with Crippen LogP contribution in [0.1, 0.15) is 20.8 Å². The van der Waals surface area contributed by atoms with Gasteiger partial charge in [0.25, 0.3) is 10.1 Å². The minimum Gasteiger partial charge on any atom is -0.381 e. The van der Waals surface area contributed by atoms with Crippen molar-refractivity contribution >= 4 is 10.1 Å². The molecule has 0 fully saturated rings. The van der Waals surface area contributed by atoms with Crippen molar-refractivity contribution in [3.63, 3.8) is 0 Å². The van der Waals surface area contributed by atoms with Crippen molar-refractivity contribution in [3.05, 3.63) is 0 Å². The highest BCUT2D eigenvalue weighted by Crippen LogP contribution is 2.25. The number of aliphatic hydroxyl groups excluding tert-OH is 2. The van der Waals surface area contributed by atoms with Crippen LogP contribution in [0.4, 0.5) is 0 Å². The summed E-state index contributed by atoms with van der Waals surface area (Å²) in [5, 5.41) is 18.2. The van der Waals surface area contributed by atoms with E-state index in [9.17, 15) is 13.0 Å². The van der Waals surface area contributed by atoms with Gasteiger partial charge < -0.3 is 10.2 Å². The van der Waals surface area contributed by atoms with Crippen molar-refractivity contribution in [3.8, 4) is 0 Å².